The van der Waals surface area contributed by atoms with E-state index >= 15 is 0 Å². The third-order valence-corrected chi connectivity index (χ3v) is 3.40. The molecule has 0 heterocycles. The van der Waals surface area contributed by atoms with Crippen molar-refractivity contribution in [2.45, 2.75) is 32.6 Å². The van der Waals surface area contributed by atoms with Gasteiger partial charge in [-0.1, -0.05) is 26.2 Å². The maximum Gasteiger partial charge on any atom is 0.133 e. The second kappa shape index (κ2) is 11.2. The van der Waals surface area contributed by atoms with Crippen LogP contribution in [0, 0.1) is 10.7 Å². The number of rotatable bonds is 8. The number of hydrogen-bond donors (Lipinski definition) is 0. The summed E-state index contributed by atoms with van der Waals surface area (Å²) in [5.41, 5.74) is 0. The standard InChI is InChI=1S/C9H17NS2/c1-2-3-4-5-6-11-7-8-12-9-10/h2-8H2,1H3. The van der Waals surface area contributed by atoms with Gasteiger partial charge in [-0.15, -0.1) is 0 Å². The Balaban J connectivity index is 2.78. The van der Waals surface area contributed by atoms with Crippen molar-refractivity contribution in [1.82, 2.24) is 0 Å². The van der Waals surface area contributed by atoms with Gasteiger partial charge in [0.25, 0.3) is 0 Å². The highest BCUT2D eigenvalue weighted by Crippen LogP contribution is 2.09. The first-order chi connectivity index (χ1) is 5.91. The molecule has 0 spiro atoms. The Hall–Kier alpha value is 0.190. The maximum atomic E-state index is 8.24. The molecule has 0 aromatic rings. The molecule has 0 aromatic carbocycles. The van der Waals surface area contributed by atoms with Gasteiger partial charge in [0, 0.05) is 11.5 Å². The Morgan fingerprint density at radius 3 is 2.58 bits per heavy atom. The smallest absolute Gasteiger partial charge is 0.133 e. The predicted octanol–water partition coefficient (Wildman–Crippen LogP) is 3.51. The summed E-state index contributed by atoms with van der Waals surface area (Å²) in [4.78, 5) is 0. The van der Waals surface area contributed by atoms with E-state index in [1.54, 1.807) is 0 Å². The number of nitriles is 1. The van der Waals surface area contributed by atoms with Gasteiger partial charge in [-0.3, -0.25) is 0 Å². The van der Waals surface area contributed by atoms with Gasteiger partial charge in [-0.25, -0.2) is 0 Å². The summed E-state index contributed by atoms with van der Waals surface area (Å²) in [6.07, 6.45) is 5.40. The van der Waals surface area contributed by atoms with Crippen molar-refractivity contribution in [1.29, 1.82) is 5.26 Å². The quantitative estimate of drug-likeness (QED) is 0.445. The second-order valence-electron chi connectivity index (χ2n) is 2.61. The largest absolute Gasteiger partial charge is 0.185 e. The lowest BCUT2D eigenvalue weighted by Crippen LogP contribution is -1.86. The molecule has 0 rings (SSSR count). The van der Waals surface area contributed by atoms with Crippen LogP contribution < -0.4 is 0 Å². The zero-order valence-corrected chi connectivity index (χ0v) is 9.35. The number of unbranched alkanes of at least 4 members (excludes halogenated alkanes) is 3. The predicted molar refractivity (Wildman–Crippen MR) is 59.5 cm³/mol. The van der Waals surface area contributed by atoms with Crippen LogP contribution in [0.25, 0.3) is 0 Å². The zero-order valence-electron chi connectivity index (χ0n) is 7.71. The van der Waals surface area contributed by atoms with E-state index < -0.39 is 0 Å². The van der Waals surface area contributed by atoms with Crippen molar-refractivity contribution in [3.05, 3.63) is 0 Å². The summed E-state index contributed by atoms with van der Waals surface area (Å²) >= 11 is 3.33. The minimum atomic E-state index is 0.981. The van der Waals surface area contributed by atoms with Crippen LogP contribution >= 0.6 is 23.5 Å². The van der Waals surface area contributed by atoms with Crippen LogP contribution in [0.1, 0.15) is 32.6 Å². The van der Waals surface area contributed by atoms with E-state index in [-0.39, 0.29) is 0 Å². The number of thiocyanates is 1. The van der Waals surface area contributed by atoms with Gasteiger partial charge < -0.3 is 0 Å². The third-order valence-electron chi connectivity index (χ3n) is 1.54. The van der Waals surface area contributed by atoms with Crippen LogP contribution in [0.4, 0.5) is 0 Å². The lowest BCUT2D eigenvalue weighted by atomic mass is 10.2. The molecule has 0 aliphatic carbocycles. The van der Waals surface area contributed by atoms with Crippen LogP contribution in [0.3, 0.4) is 0 Å². The Morgan fingerprint density at radius 2 is 1.92 bits per heavy atom. The molecule has 0 unspecified atom stereocenters. The van der Waals surface area contributed by atoms with Crippen LogP contribution in [0.15, 0.2) is 0 Å². The average Bonchev–Trinajstić information content (AvgIpc) is 2.10. The highest BCUT2D eigenvalue weighted by molar-refractivity contribution is 8.05. The summed E-state index contributed by atoms with van der Waals surface area (Å²) in [6, 6.07) is 0. The molecule has 70 valence electrons. The molecule has 0 bridgehead atoms. The Bertz CT molecular complexity index is 120. The minimum absolute atomic E-state index is 0.981. The normalized spacial score (nSPS) is 9.67. The maximum absolute atomic E-state index is 8.24. The van der Waals surface area contributed by atoms with Crippen LogP contribution in [-0.2, 0) is 0 Å². The molecule has 0 fully saturated rings. The topological polar surface area (TPSA) is 23.8 Å². The number of thioether (sulfide) groups is 2. The first-order valence-corrected chi connectivity index (χ1v) is 6.64. The molecule has 0 aromatic heterocycles. The molecular formula is C9H17NS2. The second-order valence-corrected chi connectivity index (χ2v) is 4.72. The van der Waals surface area contributed by atoms with Gasteiger partial charge in [0.05, 0.1) is 0 Å². The first-order valence-electron chi connectivity index (χ1n) is 4.50. The summed E-state index contributed by atoms with van der Waals surface area (Å²) < 4.78 is 0. The van der Waals surface area contributed by atoms with Gasteiger partial charge in [0.15, 0.2) is 0 Å². The van der Waals surface area contributed by atoms with Crippen LogP contribution in [-0.4, -0.2) is 17.3 Å². The van der Waals surface area contributed by atoms with Crippen molar-refractivity contribution in [2.24, 2.45) is 0 Å². The Labute approximate surface area is 84.3 Å². The molecule has 0 radical (unpaired) electrons. The monoisotopic (exact) mass is 203 g/mol. The van der Waals surface area contributed by atoms with E-state index in [2.05, 4.69) is 12.3 Å². The number of nitrogens with zero attached hydrogens (tertiary/aromatic N) is 1. The fourth-order valence-corrected chi connectivity index (χ4v) is 2.39. The fourth-order valence-electron chi connectivity index (χ4n) is 0.879. The molecule has 0 saturated heterocycles. The summed E-state index contributed by atoms with van der Waals surface area (Å²) in [5.74, 6) is 3.38. The Morgan fingerprint density at radius 1 is 1.08 bits per heavy atom. The average molecular weight is 203 g/mol. The fraction of sp³-hybridized carbons (Fsp3) is 0.889. The minimum Gasteiger partial charge on any atom is -0.185 e. The van der Waals surface area contributed by atoms with Gasteiger partial charge in [-0.2, -0.15) is 17.0 Å². The SMILES string of the molecule is CCCCCCSCCSC#N. The van der Waals surface area contributed by atoms with Gasteiger partial charge in [0.1, 0.15) is 5.40 Å². The molecule has 3 heteroatoms. The van der Waals surface area contributed by atoms with E-state index in [9.17, 15) is 0 Å². The zero-order chi connectivity index (χ0) is 9.07. The Kier molecular flexibility index (Phi) is 11.4. The highest BCUT2D eigenvalue weighted by atomic mass is 32.2. The van der Waals surface area contributed by atoms with E-state index in [0.29, 0.717) is 0 Å². The third kappa shape index (κ3) is 10.2. The summed E-state index contributed by atoms with van der Waals surface area (Å²) in [6.45, 7) is 2.23. The van der Waals surface area contributed by atoms with E-state index in [0.717, 1.165) is 11.5 Å². The molecule has 0 saturated carbocycles. The van der Waals surface area contributed by atoms with E-state index in [1.165, 1.54) is 43.2 Å². The van der Waals surface area contributed by atoms with Crippen molar-refractivity contribution >= 4 is 23.5 Å². The van der Waals surface area contributed by atoms with E-state index in [1.807, 2.05) is 11.8 Å². The van der Waals surface area contributed by atoms with Crippen molar-refractivity contribution < 1.29 is 0 Å². The molecule has 0 amide bonds. The highest BCUT2D eigenvalue weighted by Gasteiger charge is 1.90. The summed E-state index contributed by atoms with van der Waals surface area (Å²) in [5, 5.41) is 10.3. The molecule has 0 N–H and O–H groups in total. The first kappa shape index (κ1) is 12.2. The van der Waals surface area contributed by atoms with Crippen molar-refractivity contribution in [3.8, 4) is 5.40 Å². The van der Waals surface area contributed by atoms with Gasteiger partial charge in [0.2, 0.25) is 0 Å². The molecular weight excluding hydrogens is 186 g/mol. The lowest BCUT2D eigenvalue weighted by molar-refractivity contribution is 0.706. The van der Waals surface area contributed by atoms with Gasteiger partial charge in [-0.05, 0) is 23.9 Å². The van der Waals surface area contributed by atoms with Crippen LogP contribution in [0.2, 0.25) is 0 Å². The van der Waals surface area contributed by atoms with Gasteiger partial charge >= 0.3 is 0 Å². The molecule has 0 atom stereocenters. The van der Waals surface area contributed by atoms with Crippen LogP contribution in [0.5, 0.6) is 0 Å². The van der Waals surface area contributed by atoms with Crippen molar-refractivity contribution in [2.75, 3.05) is 17.3 Å². The van der Waals surface area contributed by atoms with Crippen molar-refractivity contribution in [3.63, 3.8) is 0 Å². The molecule has 1 nitrogen and oxygen atoms in total. The molecule has 0 aliphatic heterocycles. The number of hydrogen-bond acceptors (Lipinski definition) is 3. The lowest BCUT2D eigenvalue weighted by Gasteiger charge is -1.98. The van der Waals surface area contributed by atoms with E-state index in [4.69, 9.17) is 5.26 Å². The molecule has 0 aliphatic rings. The molecule has 12 heavy (non-hydrogen) atoms. The summed E-state index contributed by atoms with van der Waals surface area (Å²) in [7, 11) is 0.